The number of piperazine rings is 1. The van der Waals surface area contributed by atoms with E-state index < -0.39 is 0 Å². The van der Waals surface area contributed by atoms with E-state index in [0.717, 1.165) is 22.6 Å². The minimum atomic E-state index is -0.356. The minimum Gasteiger partial charge on any atom is -0.353 e. The average Bonchev–Trinajstić information content (AvgIpc) is 2.81. The molecule has 0 saturated carbocycles. The van der Waals surface area contributed by atoms with Crippen LogP contribution in [-0.2, 0) is 6.42 Å². The van der Waals surface area contributed by atoms with Crippen LogP contribution < -0.4 is 4.90 Å². The van der Waals surface area contributed by atoms with Crippen molar-refractivity contribution in [1.82, 2.24) is 14.9 Å². The number of hydrogen-bond donors (Lipinski definition) is 0. The minimum absolute atomic E-state index is 0.0945. The maximum Gasteiger partial charge on any atom is 0.253 e. The van der Waals surface area contributed by atoms with Gasteiger partial charge in [-0.05, 0) is 54.8 Å². The normalized spacial score (nSPS) is 14.1. The van der Waals surface area contributed by atoms with Crippen molar-refractivity contribution in [3.8, 4) is 0 Å². The molecule has 3 aromatic rings. The lowest BCUT2D eigenvalue weighted by atomic mass is 9.97. The highest BCUT2D eigenvalue weighted by Gasteiger charge is 2.26. The molecule has 2 aromatic carbocycles. The molecule has 2 heterocycles. The van der Waals surface area contributed by atoms with Crippen LogP contribution in [-0.4, -0.2) is 47.0 Å². The summed E-state index contributed by atoms with van der Waals surface area (Å²) in [5, 5.41) is 0. The van der Waals surface area contributed by atoms with Gasteiger partial charge in [-0.25, -0.2) is 18.7 Å². The topological polar surface area (TPSA) is 49.3 Å². The average molecular weight is 451 g/mol. The zero-order valence-electron chi connectivity index (χ0n) is 19.2. The summed E-state index contributed by atoms with van der Waals surface area (Å²) < 4.78 is 26.6. The summed E-state index contributed by atoms with van der Waals surface area (Å²) in [6, 6.07) is 12.2. The van der Waals surface area contributed by atoms with Gasteiger partial charge in [0.15, 0.2) is 0 Å². The van der Waals surface area contributed by atoms with E-state index >= 15 is 0 Å². The van der Waals surface area contributed by atoms with E-state index in [1.807, 2.05) is 6.92 Å². The van der Waals surface area contributed by atoms with Crippen LogP contribution >= 0.6 is 0 Å². The molecular weight excluding hydrogens is 422 g/mol. The zero-order chi connectivity index (χ0) is 23.5. The van der Waals surface area contributed by atoms with E-state index in [0.29, 0.717) is 44.0 Å². The van der Waals surface area contributed by atoms with Gasteiger partial charge in [0.25, 0.3) is 5.91 Å². The molecule has 0 aliphatic carbocycles. The Hall–Kier alpha value is -3.35. The summed E-state index contributed by atoms with van der Waals surface area (Å²) in [5.74, 6) is 1.09. The van der Waals surface area contributed by atoms with E-state index in [4.69, 9.17) is 9.97 Å². The molecule has 0 spiro atoms. The molecule has 0 bridgehead atoms. The van der Waals surface area contributed by atoms with Crippen LogP contribution in [0.3, 0.4) is 0 Å². The van der Waals surface area contributed by atoms with Gasteiger partial charge < -0.3 is 9.80 Å². The Kier molecular flexibility index (Phi) is 6.67. The Morgan fingerprint density at radius 2 is 1.48 bits per heavy atom. The highest BCUT2D eigenvalue weighted by atomic mass is 19.1. The first-order valence-electron chi connectivity index (χ1n) is 11.2. The van der Waals surface area contributed by atoms with E-state index in [2.05, 4.69) is 18.7 Å². The zero-order valence-corrected chi connectivity index (χ0v) is 19.2. The van der Waals surface area contributed by atoms with Gasteiger partial charge in [0.2, 0.25) is 0 Å². The number of rotatable bonds is 5. The molecule has 33 heavy (non-hydrogen) atoms. The van der Waals surface area contributed by atoms with Crippen molar-refractivity contribution >= 4 is 11.7 Å². The first-order valence-corrected chi connectivity index (χ1v) is 11.2. The van der Waals surface area contributed by atoms with Crippen LogP contribution in [0.4, 0.5) is 14.6 Å². The monoisotopic (exact) mass is 450 g/mol. The van der Waals surface area contributed by atoms with Crippen molar-refractivity contribution in [2.24, 2.45) is 0 Å². The SMILES string of the molecule is Cc1nc(C(C)C)c(Cc2ccc(F)cc2)c(N2CCN(C(=O)c3ccc(F)cc3)CC2)n1. The smallest absolute Gasteiger partial charge is 0.253 e. The summed E-state index contributed by atoms with van der Waals surface area (Å²) in [6.07, 6.45) is 0.609. The summed E-state index contributed by atoms with van der Waals surface area (Å²) in [4.78, 5) is 26.3. The van der Waals surface area contributed by atoms with E-state index in [1.165, 1.54) is 36.4 Å². The van der Waals surface area contributed by atoms with Crippen molar-refractivity contribution in [1.29, 1.82) is 0 Å². The van der Waals surface area contributed by atoms with Crippen LogP contribution in [0, 0.1) is 18.6 Å². The van der Waals surface area contributed by atoms with Crippen molar-refractivity contribution in [3.05, 3.63) is 88.4 Å². The molecule has 172 valence electrons. The molecule has 1 aliphatic heterocycles. The fourth-order valence-corrected chi connectivity index (χ4v) is 4.21. The molecule has 1 fully saturated rings. The largest absolute Gasteiger partial charge is 0.353 e. The standard InChI is InChI=1S/C26H28F2N4O/c1-17(2)24-23(16-19-4-8-21(27)9-5-19)25(30-18(3)29-24)31-12-14-32(15-13-31)26(33)20-6-10-22(28)11-7-20/h4-11,17H,12-16H2,1-3H3. The van der Waals surface area contributed by atoms with Crippen LogP contribution in [0.5, 0.6) is 0 Å². The first kappa shape index (κ1) is 22.8. The molecule has 1 saturated heterocycles. The van der Waals surface area contributed by atoms with Crippen molar-refractivity contribution < 1.29 is 13.6 Å². The fraction of sp³-hybridized carbons (Fsp3) is 0.346. The van der Waals surface area contributed by atoms with E-state index in [1.54, 1.807) is 17.0 Å². The number of nitrogens with zero attached hydrogens (tertiary/aromatic N) is 4. The predicted molar refractivity (Wildman–Crippen MR) is 125 cm³/mol. The van der Waals surface area contributed by atoms with Gasteiger partial charge in [0, 0.05) is 43.7 Å². The third-order valence-electron chi connectivity index (χ3n) is 5.93. The highest BCUT2D eigenvalue weighted by Crippen LogP contribution is 2.29. The summed E-state index contributed by atoms with van der Waals surface area (Å²) in [7, 11) is 0. The molecule has 0 radical (unpaired) electrons. The second-order valence-electron chi connectivity index (χ2n) is 8.70. The molecule has 0 unspecified atom stereocenters. The molecule has 1 amide bonds. The Balaban J connectivity index is 1.57. The molecule has 4 rings (SSSR count). The van der Waals surface area contributed by atoms with Crippen LogP contribution in [0.15, 0.2) is 48.5 Å². The number of anilines is 1. The molecule has 0 atom stereocenters. The van der Waals surface area contributed by atoms with Gasteiger partial charge >= 0.3 is 0 Å². The molecular formula is C26H28F2N4O. The fourth-order valence-electron chi connectivity index (χ4n) is 4.21. The van der Waals surface area contributed by atoms with Gasteiger partial charge in [-0.15, -0.1) is 0 Å². The molecule has 0 N–H and O–H groups in total. The number of aromatic nitrogens is 2. The van der Waals surface area contributed by atoms with Crippen LogP contribution in [0.2, 0.25) is 0 Å². The van der Waals surface area contributed by atoms with E-state index in [9.17, 15) is 13.6 Å². The third-order valence-corrected chi connectivity index (χ3v) is 5.93. The van der Waals surface area contributed by atoms with Gasteiger partial charge in [-0.1, -0.05) is 26.0 Å². The molecule has 1 aliphatic rings. The summed E-state index contributed by atoms with van der Waals surface area (Å²) >= 11 is 0. The van der Waals surface area contributed by atoms with Crippen molar-refractivity contribution in [3.63, 3.8) is 0 Å². The second-order valence-corrected chi connectivity index (χ2v) is 8.70. The van der Waals surface area contributed by atoms with Gasteiger partial charge in [-0.2, -0.15) is 0 Å². The third kappa shape index (κ3) is 5.18. The number of hydrogen-bond acceptors (Lipinski definition) is 4. The lowest BCUT2D eigenvalue weighted by Gasteiger charge is -2.37. The van der Waals surface area contributed by atoms with Gasteiger partial charge in [-0.3, -0.25) is 4.79 Å². The number of carbonyl (C=O) groups excluding carboxylic acids is 1. The number of carbonyl (C=O) groups is 1. The Bertz CT molecular complexity index is 1120. The Morgan fingerprint density at radius 1 is 0.909 bits per heavy atom. The number of aryl methyl sites for hydroxylation is 1. The maximum atomic E-state index is 13.4. The Morgan fingerprint density at radius 3 is 2.06 bits per heavy atom. The van der Waals surface area contributed by atoms with Crippen LogP contribution in [0.1, 0.15) is 52.8 Å². The van der Waals surface area contributed by atoms with Crippen molar-refractivity contribution in [2.75, 3.05) is 31.1 Å². The lowest BCUT2D eigenvalue weighted by Crippen LogP contribution is -2.49. The predicted octanol–water partition coefficient (Wildman–Crippen LogP) is 4.74. The number of amides is 1. The Labute approximate surface area is 193 Å². The second kappa shape index (κ2) is 9.65. The van der Waals surface area contributed by atoms with E-state index in [-0.39, 0.29) is 23.5 Å². The van der Waals surface area contributed by atoms with Gasteiger partial charge in [0.1, 0.15) is 23.3 Å². The lowest BCUT2D eigenvalue weighted by molar-refractivity contribution is 0.0746. The molecule has 1 aromatic heterocycles. The van der Waals surface area contributed by atoms with Crippen LogP contribution in [0.25, 0.3) is 0 Å². The first-order chi connectivity index (χ1) is 15.8. The molecule has 5 nitrogen and oxygen atoms in total. The van der Waals surface area contributed by atoms with Gasteiger partial charge in [0.05, 0.1) is 5.69 Å². The summed E-state index contributed by atoms with van der Waals surface area (Å²) in [6.45, 7) is 8.48. The van der Waals surface area contributed by atoms with Crippen molar-refractivity contribution in [2.45, 2.75) is 33.1 Å². The highest BCUT2D eigenvalue weighted by molar-refractivity contribution is 5.94. The number of halogens is 2. The quantitative estimate of drug-likeness (QED) is 0.564. The molecule has 7 heteroatoms. The maximum absolute atomic E-state index is 13.4. The summed E-state index contributed by atoms with van der Waals surface area (Å²) in [5.41, 5.74) is 3.52. The number of benzene rings is 2.